The molecule has 162 valence electrons. The zero-order valence-electron chi connectivity index (χ0n) is 17.8. The minimum absolute atomic E-state index is 0.343. The Labute approximate surface area is 187 Å². The molecular weight excluding hydrogens is 406 g/mol. The smallest absolute Gasteiger partial charge is 0.231 e. The summed E-state index contributed by atoms with van der Waals surface area (Å²) in [6.45, 7) is 4.47. The summed E-state index contributed by atoms with van der Waals surface area (Å²) in [6, 6.07) is 13.7. The van der Waals surface area contributed by atoms with Crippen molar-refractivity contribution in [1.82, 2.24) is 4.90 Å². The monoisotopic (exact) mass is 435 g/mol. The van der Waals surface area contributed by atoms with Gasteiger partial charge in [0, 0.05) is 37.0 Å². The van der Waals surface area contributed by atoms with E-state index in [1.807, 2.05) is 11.3 Å². The Morgan fingerprint density at radius 1 is 1.03 bits per heavy atom. The largest absolute Gasteiger partial charge is 0.454 e. The fourth-order valence-electron chi connectivity index (χ4n) is 5.48. The molecule has 1 saturated heterocycles. The summed E-state index contributed by atoms with van der Waals surface area (Å²) >= 11 is 1.87. The Kier molecular flexibility index (Phi) is 5.34. The molecule has 0 bridgehead atoms. The molecule has 2 aromatic carbocycles. The molecule has 6 rings (SSSR count). The van der Waals surface area contributed by atoms with Gasteiger partial charge in [0.05, 0.1) is 0 Å². The minimum atomic E-state index is 0.343. The van der Waals surface area contributed by atoms with Crippen LogP contribution in [0.25, 0.3) is 10.1 Å². The van der Waals surface area contributed by atoms with Gasteiger partial charge in [0.2, 0.25) is 6.79 Å². The van der Waals surface area contributed by atoms with Crippen LogP contribution in [0, 0.1) is 5.92 Å². The Bertz CT molecular complexity index is 1070. The minimum Gasteiger partial charge on any atom is -0.454 e. The van der Waals surface area contributed by atoms with Crippen LogP contribution < -0.4 is 9.47 Å². The fourth-order valence-corrected chi connectivity index (χ4v) is 6.48. The fraction of sp³-hybridized carbons (Fsp3) is 0.462. The van der Waals surface area contributed by atoms with Gasteiger partial charge in [-0.1, -0.05) is 18.2 Å². The second-order valence-corrected chi connectivity index (χ2v) is 9.93. The standard InChI is InChI=1S/C26H29NO3S/c1-2-4-26-21(3-1)20(16-31-26)5-6-23-22-14-25-24(29-17-30-25)13-19(22)7-10-27(23)15-18-8-11-28-12-9-18/h1-4,13-14,16,18,23H,5-12,15,17H2. The molecule has 0 radical (unpaired) electrons. The lowest BCUT2D eigenvalue weighted by atomic mass is 9.87. The number of aryl methyl sites for hydroxylation is 1. The van der Waals surface area contributed by atoms with Crippen LogP contribution in [0.1, 0.15) is 42.0 Å². The Morgan fingerprint density at radius 2 is 1.87 bits per heavy atom. The average Bonchev–Trinajstić information content (AvgIpc) is 3.44. The van der Waals surface area contributed by atoms with Crippen molar-refractivity contribution in [2.75, 3.05) is 33.1 Å². The highest BCUT2D eigenvalue weighted by atomic mass is 32.1. The first-order valence-electron chi connectivity index (χ1n) is 11.5. The highest BCUT2D eigenvalue weighted by molar-refractivity contribution is 7.17. The third-order valence-corrected chi connectivity index (χ3v) is 8.20. The van der Waals surface area contributed by atoms with E-state index in [0.717, 1.165) is 56.4 Å². The summed E-state index contributed by atoms with van der Waals surface area (Å²) in [6.07, 6.45) is 5.70. The van der Waals surface area contributed by atoms with Gasteiger partial charge in [0.15, 0.2) is 11.5 Å². The maximum Gasteiger partial charge on any atom is 0.231 e. The Morgan fingerprint density at radius 3 is 2.77 bits per heavy atom. The normalized spacial score (nSPS) is 21.5. The van der Waals surface area contributed by atoms with Gasteiger partial charge in [-0.05, 0) is 83.7 Å². The highest BCUT2D eigenvalue weighted by Gasteiger charge is 2.32. The van der Waals surface area contributed by atoms with E-state index in [2.05, 4.69) is 46.7 Å². The number of fused-ring (bicyclic) bond motifs is 3. The first-order valence-corrected chi connectivity index (χ1v) is 12.4. The van der Waals surface area contributed by atoms with E-state index in [1.54, 1.807) is 0 Å². The van der Waals surface area contributed by atoms with E-state index in [1.165, 1.54) is 46.2 Å². The molecule has 3 aliphatic rings. The van der Waals surface area contributed by atoms with Gasteiger partial charge >= 0.3 is 0 Å². The summed E-state index contributed by atoms with van der Waals surface area (Å²) in [5.74, 6) is 2.57. The third-order valence-electron chi connectivity index (χ3n) is 7.18. The predicted molar refractivity (Wildman–Crippen MR) is 124 cm³/mol. The number of hydrogen-bond acceptors (Lipinski definition) is 5. The first-order chi connectivity index (χ1) is 15.3. The van der Waals surface area contributed by atoms with Crippen LogP contribution in [0.15, 0.2) is 41.8 Å². The zero-order chi connectivity index (χ0) is 20.6. The first kappa shape index (κ1) is 19.6. The molecule has 5 heteroatoms. The van der Waals surface area contributed by atoms with Crippen LogP contribution in [0.4, 0.5) is 0 Å². The molecule has 4 heterocycles. The zero-order valence-corrected chi connectivity index (χ0v) is 18.7. The van der Waals surface area contributed by atoms with Crippen molar-refractivity contribution < 1.29 is 14.2 Å². The van der Waals surface area contributed by atoms with Gasteiger partial charge < -0.3 is 14.2 Å². The number of thiophene rings is 1. The van der Waals surface area contributed by atoms with Crippen LogP contribution in [0.3, 0.4) is 0 Å². The molecule has 1 unspecified atom stereocenters. The lowest BCUT2D eigenvalue weighted by molar-refractivity contribution is 0.0423. The van der Waals surface area contributed by atoms with Gasteiger partial charge in [-0.25, -0.2) is 0 Å². The number of benzene rings is 2. The van der Waals surface area contributed by atoms with Gasteiger partial charge in [-0.3, -0.25) is 4.90 Å². The van der Waals surface area contributed by atoms with Gasteiger partial charge in [0.25, 0.3) is 0 Å². The van der Waals surface area contributed by atoms with Crippen LogP contribution in [0.2, 0.25) is 0 Å². The summed E-state index contributed by atoms with van der Waals surface area (Å²) in [4.78, 5) is 2.75. The molecule has 0 spiro atoms. The second-order valence-electron chi connectivity index (χ2n) is 9.02. The van der Waals surface area contributed by atoms with Crippen molar-refractivity contribution in [1.29, 1.82) is 0 Å². The van der Waals surface area contributed by atoms with Crippen LogP contribution in [-0.2, 0) is 17.6 Å². The molecule has 1 aromatic heterocycles. The molecule has 31 heavy (non-hydrogen) atoms. The number of nitrogens with zero attached hydrogens (tertiary/aromatic N) is 1. The van der Waals surface area contributed by atoms with Crippen molar-refractivity contribution in [3.63, 3.8) is 0 Å². The summed E-state index contributed by atoms with van der Waals surface area (Å²) in [5, 5.41) is 3.78. The van der Waals surface area contributed by atoms with E-state index in [4.69, 9.17) is 14.2 Å². The number of rotatable bonds is 5. The quantitative estimate of drug-likeness (QED) is 0.523. The van der Waals surface area contributed by atoms with Crippen molar-refractivity contribution >= 4 is 21.4 Å². The lowest BCUT2D eigenvalue weighted by Gasteiger charge is -2.40. The highest BCUT2D eigenvalue weighted by Crippen LogP contribution is 2.42. The van der Waals surface area contributed by atoms with E-state index in [0.29, 0.717) is 12.8 Å². The van der Waals surface area contributed by atoms with Gasteiger partial charge in [-0.2, -0.15) is 0 Å². The molecule has 4 nitrogen and oxygen atoms in total. The van der Waals surface area contributed by atoms with Gasteiger partial charge in [-0.15, -0.1) is 11.3 Å². The molecular formula is C26H29NO3S. The average molecular weight is 436 g/mol. The van der Waals surface area contributed by atoms with E-state index >= 15 is 0 Å². The molecule has 0 aliphatic carbocycles. The topological polar surface area (TPSA) is 30.9 Å². The van der Waals surface area contributed by atoms with Crippen LogP contribution >= 0.6 is 11.3 Å². The third kappa shape index (κ3) is 3.84. The second kappa shape index (κ2) is 8.45. The van der Waals surface area contributed by atoms with Crippen molar-refractivity contribution in [3.05, 3.63) is 58.5 Å². The predicted octanol–water partition coefficient (Wildman–Crippen LogP) is 5.59. The molecule has 1 atom stereocenters. The van der Waals surface area contributed by atoms with E-state index in [9.17, 15) is 0 Å². The maximum absolute atomic E-state index is 5.75. The van der Waals surface area contributed by atoms with Gasteiger partial charge in [0.1, 0.15) is 0 Å². The van der Waals surface area contributed by atoms with Crippen molar-refractivity contribution in [3.8, 4) is 11.5 Å². The summed E-state index contributed by atoms with van der Waals surface area (Å²) in [7, 11) is 0. The molecule has 0 saturated carbocycles. The Balaban J connectivity index is 1.29. The summed E-state index contributed by atoms with van der Waals surface area (Å²) in [5.41, 5.74) is 4.37. The van der Waals surface area contributed by atoms with E-state index in [-0.39, 0.29) is 0 Å². The lowest BCUT2D eigenvalue weighted by Crippen LogP contribution is -2.40. The molecule has 0 N–H and O–H groups in total. The molecule has 1 fully saturated rings. The number of ether oxygens (including phenoxy) is 3. The summed E-state index contributed by atoms with van der Waals surface area (Å²) < 4.78 is 18.4. The molecule has 0 amide bonds. The molecule has 3 aliphatic heterocycles. The number of hydrogen-bond donors (Lipinski definition) is 0. The molecule has 3 aromatic rings. The maximum atomic E-state index is 5.75. The van der Waals surface area contributed by atoms with Crippen LogP contribution in [0.5, 0.6) is 11.5 Å². The SMILES string of the molecule is c1ccc2c(CCC3c4cc5c(cc4CCN3CC3CCOCC3)OCO5)csc2c1. The van der Waals surface area contributed by atoms with Crippen molar-refractivity contribution in [2.24, 2.45) is 5.92 Å². The van der Waals surface area contributed by atoms with E-state index < -0.39 is 0 Å². The van der Waals surface area contributed by atoms with Crippen molar-refractivity contribution in [2.45, 2.75) is 38.1 Å². The van der Waals surface area contributed by atoms with Crippen LogP contribution in [-0.4, -0.2) is 38.0 Å². The Hall–Kier alpha value is -2.08.